The topological polar surface area (TPSA) is 43.8 Å². The van der Waals surface area contributed by atoms with E-state index in [0.717, 1.165) is 0 Å². The maximum absolute atomic E-state index is 14.0. The molecule has 0 atom stereocenters. The van der Waals surface area contributed by atoms with Crippen LogP contribution in [0.15, 0.2) is 12.3 Å². The van der Waals surface area contributed by atoms with Gasteiger partial charge in [0.05, 0.1) is 5.69 Å². The number of nitrogens with two attached hydrogens (primary N) is 1. The first kappa shape index (κ1) is 8.69. The molecule has 1 fully saturated rings. The Kier molecular flexibility index (Phi) is 1.87. The molecule has 0 radical (unpaired) electrons. The summed E-state index contributed by atoms with van der Waals surface area (Å²) in [5.74, 6) is 0. The Bertz CT molecular complexity index is 302. The summed E-state index contributed by atoms with van der Waals surface area (Å²) in [5.41, 5.74) is 5.04. The molecule has 0 aromatic carbocycles. The fourth-order valence-corrected chi connectivity index (χ4v) is 1.95. The number of halogens is 1. The molecule has 0 amide bonds. The molecule has 72 valence electrons. The maximum atomic E-state index is 14.0. The second-order valence-electron chi connectivity index (χ2n) is 3.67. The van der Waals surface area contributed by atoms with Gasteiger partial charge in [-0.15, -0.1) is 0 Å². The first-order chi connectivity index (χ1) is 6.15. The van der Waals surface area contributed by atoms with Gasteiger partial charge >= 0.3 is 0 Å². The fraction of sp³-hybridized carbons (Fsp3) is 0.667. The van der Waals surface area contributed by atoms with Crippen molar-refractivity contribution in [1.82, 2.24) is 9.78 Å². The molecule has 1 aliphatic rings. The summed E-state index contributed by atoms with van der Waals surface area (Å²) in [7, 11) is 0. The van der Waals surface area contributed by atoms with Gasteiger partial charge < -0.3 is 5.73 Å². The van der Waals surface area contributed by atoms with Crippen molar-refractivity contribution in [2.24, 2.45) is 5.73 Å². The van der Waals surface area contributed by atoms with Crippen molar-refractivity contribution in [3.63, 3.8) is 0 Å². The highest BCUT2D eigenvalue weighted by molar-refractivity contribution is 5.18. The van der Waals surface area contributed by atoms with Crippen LogP contribution in [0.5, 0.6) is 0 Å². The largest absolute Gasteiger partial charge is 0.327 e. The molecule has 4 heteroatoms. The lowest BCUT2D eigenvalue weighted by molar-refractivity contribution is 0.0312. The molecule has 1 heterocycles. The number of aryl methyl sites for hydroxylation is 1. The van der Waals surface area contributed by atoms with Crippen molar-refractivity contribution in [1.29, 1.82) is 0 Å². The van der Waals surface area contributed by atoms with Crippen molar-refractivity contribution >= 4 is 0 Å². The number of hydrogen-bond donors (Lipinski definition) is 1. The molecular weight excluding hydrogens is 169 g/mol. The average Bonchev–Trinajstić information content (AvgIpc) is 2.48. The zero-order valence-corrected chi connectivity index (χ0v) is 7.70. The molecule has 3 nitrogen and oxygen atoms in total. The van der Waals surface area contributed by atoms with Gasteiger partial charge in [0.1, 0.15) is 0 Å². The van der Waals surface area contributed by atoms with Gasteiger partial charge in [0.15, 0.2) is 5.67 Å². The second-order valence-corrected chi connectivity index (χ2v) is 3.67. The Morgan fingerprint density at radius 3 is 3.00 bits per heavy atom. The molecule has 0 aliphatic heterocycles. The third-order valence-electron chi connectivity index (χ3n) is 2.65. The molecule has 2 N–H and O–H groups in total. The Morgan fingerprint density at radius 2 is 2.46 bits per heavy atom. The number of nitrogens with zero attached hydrogens (tertiary/aromatic N) is 2. The molecule has 2 rings (SSSR count). The van der Waals surface area contributed by atoms with Gasteiger partial charge in [-0.05, 0) is 13.0 Å². The highest BCUT2D eigenvalue weighted by atomic mass is 19.1. The molecule has 0 saturated heterocycles. The van der Waals surface area contributed by atoms with Crippen LogP contribution in [0, 0.1) is 0 Å². The van der Waals surface area contributed by atoms with Crippen LogP contribution in [0.2, 0.25) is 0 Å². The summed E-state index contributed by atoms with van der Waals surface area (Å²) in [5, 5.41) is 4.04. The lowest BCUT2D eigenvalue weighted by atomic mass is 9.75. The summed E-state index contributed by atoms with van der Waals surface area (Å²) in [6, 6.07) is 1.76. The Balaban J connectivity index is 2.25. The lowest BCUT2D eigenvalue weighted by Gasteiger charge is -2.39. The van der Waals surface area contributed by atoms with Gasteiger partial charge in [0, 0.05) is 31.6 Å². The number of aromatic nitrogens is 2. The minimum Gasteiger partial charge on any atom is -0.327 e. The van der Waals surface area contributed by atoms with Gasteiger partial charge in [-0.1, -0.05) is 0 Å². The maximum Gasteiger partial charge on any atom is 0.155 e. The molecule has 1 aliphatic carbocycles. The predicted molar refractivity (Wildman–Crippen MR) is 47.9 cm³/mol. The summed E-state index contributed by atoms with van der Waals surface area (Å²) in [4.78, 5) is 0. The Hall–Kier alpha value is -0.900. The normalized spacial score (nSPS) is 33.0. The van der Waals surface area contributed by atoms with Crippen molar-refractivity contribution in [3.05, 3.63) is 18.0 Å². The highest BCUT2D eigenvalue weighted by Gasteiger charge is 2.46. The van der Waals surface area contributed by atoms with Gasteiger partial charge in [0.2, 0.25) is 0 Å². The SMILES string of the molecule is CCn1nccc1C1(F)CC(N)C1. The van der Waals surface area contributed by atoms with Crippen LogP contribution in [0.1, 0.15) is 25.5 Å². The first-order valence-electron chi connectivity index (χ1n) is 4.62. The van der Waals surface area contributed by atoms with E-state index in [2.05, 4.69) is 5.10 Å². The fourth-order valence-electron chi connectivity index (χ4n) is 1.95. The molecule has 1 saturated carbocycles. The highest BCUT2D eigenvalue weighted by Crippen LogP contribution is 2.43. The monoisotopic (exact) mass is 183 g/mol. The molecule has 0 unspecified atom stereocenters. The van der Waals surface area contributed by atoms with Crippen LogP contribution >= 0.6 is 0 Å². The van der Waals surface area contributed by atoms with Crippen LogP contribution in [0.25, 0.3) is 0 Å². The van der Waals surface area contributed by atoms with E-state index in [4.69, 9.17) is 5.73 Å². The Labute approximate surface area is 76.7 Å². The molecule has 13 heavy (non-hydrogen) atoms. The number of hydrogen-bond acceptors (Lipinski definition) is 2. The Morgan fingerprint density at radius 1 is 1.77 bits per heavy atom. The average molecular weight is 183 g/mol. The van der Waals surface area contributed by atoms with E-state index in [-0.39, 0.29) is 6.04 Å². The van der Waals surface area contributed by atoms with E-state index in [1.165, 1.54) is 0 Å². The van der Waals surface area contributed by atoms with Crippen LogP contribution in [0.4, 0.5) is 4.39 Å². The minimum atomic E-state index is -1.22. The summed E-state index contributed by atoms with van der Waals surface area (Å²) < 4.78 is 15.7. The van der Waals surface area contributed by atoms with Crippen LogP contribution in [-0.2, 0) is 12.2 Å². The van der Waals surface area contributed by atoms with Crippen molar-refractivity contribution in [2.75, 3.05) is 0 Å². The molecular formula is C9H14FN3. The molecule has 1 aromatic heterocycles. The van der Waals surface area contributed by atoms with Crippen molar-refractivity contribution in [3.8, 4) is 0 Å². The van der Waals surface area contributed by atoms with Crippen molar-refractivity contribution < 1.29 is 4.39 Å². The minimum absolute atomic E-state index is 0.0187. The van der Waals surface area contributed by atoms with E-state index >= 15 is 0 Å². The zero-order chi connectivity index (χ0) is 9.47. The van der Waals surface area contributed by atoms with Gasteiger partial charge in [0.25, 0.3) is 0 Å². The third-order valence-corrected chi connectivity index (χ3v) is 2.65. The lowest BCUT2D eigenvalue weighted by Crippen LogP contribution is -2.47. The third kappa shape index (κ3) is 1.25. The quantitative estimate of drug-likeness (QED) is 0.748. The second kappa shape index (κ2) is 2.80. The van der Waals surface area contributed by atoms with Crippen LogP contribution in [0.3, 0.4) is 0 Å². The van der Waals surface area contributed by atoms with Gasteiger partial charge in [-0.25, -0.2) is 4.39 Å². The molecule has 0 bridgehead atoms. The molecule has 1 aromatic rings. The smallest absolute Gasteiger partial charge is 0.155 e. The standard InChI is InChI=1S/C9H14FN3/c1-2-13-8(3-4-12-13)9(10)5-7(11)6-9/h3-4,7H,2,5-6,11H2,1H3. The van der Waals surface area contributed by atoms with Gasteiger partial charge in [-0.3, -0.25) is 4.68 Å². The summed E-state index contributed by atoms with van der Waals surface area (Å²) in [6.07, 6.45) is 2.50. The van der Waals surface area contributed by atoms with Gasteiger partial charge in [-0.2, -0.15) is 5.10 Å². The van der Waals surface area contributed by atoms with Crippen LogP contribution < -0.4 is 5.73 Å². The van der Waals surface area contributed by atoms with E-state index in [1.807, 2.05) is 6.92 Å². The predicted octanol–water partition coefficient (Wildman–Crippen LogP) is 1.19. The van der Waals surface area contributed by atoms with E-state index < -0.39 is 5.67 Å². The summed E-state index contributed by atoms with van der Waals surface area (Å²) >= 11 is 0. The van der Waals surface area contributed by atoms with E-state index in [9.17, 15) is 4.39 Å². The molecule has 0 spiro atoms. The van der Waals surface area contributed by atoms with E-state index in [1.54, 1.807) is 16.9 Å². The van der Waals surface area contributed by atoms with E-state index in [0.29, 0.717) is 25.1 Å². The summed E-state index contributed by atoms with van der Waals surface area (Å²) in [6.45, 7) is 2.67. The first-order valence-corrected chi connectivity index (χ1v) is 4.62. The number of alkyl halides is 1. The van der Waals surface area contributed by atoms with Crippen LogP contribution in [-0.4, -0.2) is 15.8 Å². The zero-order valence-electron chi connectivity index (χ0n) is 7.70. The van der Waals surface area contributed by atoms with Crippen molar-refractivity contribution in [2.45, 2.75) is 38.0 Å². The number of rotatable bonds is 2.